The van der Waals surface area contributed by atoms with Gasteiger partial charge < -0.3 is 0 Å². The van der Waals surface area contributed by atoms with Gasteiger partial charge in [-0.1, -0.05) is 84.9 Å². The molecule has 216 valence electrons. The molecule has 2 aromatic heterocycles. The highest BCUT2D eigenvalue weighted by Crippen LogP contribution is 2.62. The van der Waals surface area contributed by atoms with Crippen LogP contribution < -0.4 is 9.13 Å². The van der Waals surface area contributed by atoms with Gasteiger partial charge in [0.15, 0.2) is 5.69 Å². The van der Waals surface area contributed by atoms with E-state index in [0.717, 1.165) is 25.7 Å². The van der Waals surface area contributed by atoms with Crippen molar-refractivity contribution in [2.24, 2.45) is 0 Å². The van der Waals surface area contributed by atoms with Crippen LogP contribution >= 0.6 is 0 Å². The van der Waals surface area contributed by atoms with Gasteiger partial charge in [0.1, 0.15) is 11.1 Å². The first-order valence-corrected chi connectivity index (χ1v) is 17.4. The van der Waals surface area contributed by atoms with Crippen molar-refractivity contribution < 1.29 is 9.13 Å². The molecule has 1 spiro atoms. The number of hydrogen-bond acceptors (Lipinski definition) is 0. The normalized spacial score (nSPS) is 22.2. The molecule has 5 heterocycles. The van der Waals surface area contributed by atoms with E-state index in [1.54, 1.807) is 44.6 Å². The Balaban J connectivity index is 1.29. The summed E-state index contributed by atoms with van der Waals surface area (Å²) >= 11 is 0. The van der Waals surface area contributed by atoms with Crippen molar-refractivity contribution in [1.29, 1.82) is 0 Å². The van der Waals surface area contributed by atoms with Gasteiger partial charge in [-0.2, -0.15) is 0 Å². The molecule has 0 saturated heterocycles. The van der Waals surface area contributed by atoms with Gasteiger partial charge in [-0.3, -0.25) is 0 Å². The largest absolute Gasteiger partial charge is 0.417 e. The van der Waals surface area contributed by atoms with Crippen molar-refractivity contribution in [3.63, 3.8) is 0 Å². The van der Waals surface area contributed by atoms with E-state index in [9.17, 15) is 0 Å². The van der Waals surface area contributed by atoms with Gasteiger partial charge in [0.05, 0.1) is 17.7 Å². The van der Waals surface area contributed by atoms with E-state index in [1.165, 1.54) is 66.8 Å². The molecule has 3 unspecified atom stereocenters. The maximum Gasteiger partial charge on any atom is 0.417 e. The highest BCUT2D eigenvalue weighted by molar-refractivity contribution is 5.93. The minimum atomic E-state index is -0.419. The van der Waals surface area contributed by atoms with Gasteiger partial charge >= 0.3 is 5.66 Å². The van der Waals surface area contributed by atoms with E-state index >= 15 is 0 Å². The maximum absolute atomic E-state index is 2.91. The van der Waals surface area contributed by atoms with Gasteiger partial charge in [0.2, 0.25) is 5.69 Å². The van der Waals surface area contributed by atoms with E-state index in [-0.39, 0.29) is 11.8 Å². The molecule has 0 radical (unpaired) electrons. The second-order valence-electron chi connectivity index (χ2n) is 15.1. The Labute approximate surface area is 272 Å². The summed E-state index contributed by atoms with van der Waals surface area (Å²) in [4.78, 5) is 0. The van der Waals surface area contributed by atoms with Crippen molar-refractivity contribution >= 4 is 10.8 Å². The molecule has 0 fully saturated rings. The van der Waals surface area contributed by atoms with E-state index in [2.05, 4.69) is 118 Å². The molecule has 3 atom stereocenters. The molecule has 47 heavy (non-hydrogen) atoms. The van der Waals surface area contributed by atoms with Crippen LogP contribution in [-0.4, -0.2) is 0 Å². The summed E-state index contributed by atoms with van der Waals surface area (Å²) in [7, 11) is 0. The Morgan fingerprint density at radius 2 is 1.21 bits per heavy atom. The van der Waals surface area contributed by atoms with Crippen LogP contribution in [0.15, 0.2) is 109 Å². The van der Waals surface area contributed by atoms with Crippen LogP contribution in [0.4, 0.5) is 0 Å². The average Bonchev–Trinajstić information content (AvgIpc) is 3.42. The number of nitrogens with zero attached hydrogens (tertiary/aromatic N) is 2. The van der Waals surface area contributed by atoms with Crippen molar-refractivity contribution in [3.8, 4) is 11.4 Å². The molecule has 0 bridgehead atoms. The second kappa shape index (κ2) is 7.14. The van der Waals surface area contributed by atoms with E-state index in [0.29, 0.717) is 0 Å². The Bertz CT molecular complexity index is 2770. The fraction of sp³-hybridized carbons (Fsp3) is 0.156. The second-order valence-corrected chi connectivity index (χ2v) is 15.1. The number of rotatable bonds is 0. The van der Waals surface area contributed by atoms with Gasteiger partial charge in [-0.05, 0) is 91.6 Å². The molecule has 14 rings (SSSR count). The zero-order valence-electron chi connectivity index (χ0n) is 25.8. The van der Waals surface area contributed by atoms with Crippen LogP contribution in [0.2, 0.25) is 0 Å². The number of hydrogen-bond donors (Lipinski definition) is 0. The van der Waals surface area contributed by atoms with E-state index < -0.39 is 5.66 Å². The van der Waals surface area contributed by atoms with Crippen LogP contribution in [-0.2, 0) is 31.3 Å². The Morgan fingerprint density at radius 1 is 0.489 bits per heavy atom. The lowest BCUT2D eigenvalue weighted by molar-refractivity contribution is -0.947. The first-order valence-electron chi connectivity index (χ1n) is 17.4. The Kier molecular flexibility index (Phi) is 3.50. The van der Waals surface area contributed by atoms with Gasteiger partial charge in [0.25, 0.3) is 11.4 Å². The fourth-order valence-electron chi connectivity index (χ4n) is 12.0. The van der Waals surface area contributed by atoms with Crippen molar-refractivity contribution in [1.82, 2.24) is 0 Å². The number of pyridine rings is 2. The summed E-state index contributed by atoms with van der Waals surface area (Å²) < 4.78 is 5.77. The number of fused-ring (bicyclic) bond motifs is 6. The lowest BCUT2D eigenvalue weighted by Crippen LogP contribution is -2.78. The minimum absolute atomic E-state index is 0.261. The number of benzene rings is 5. The van der Waals surface area contributed by atoms with Crippen LogP contribution in [0, 0.1) is 0 Å². The highest BCUT2D eigenvalue weighted by Gasteiger charge is 2.75. The molecule has 0 amide bonds. The fourth-order valence-corrected chi connectivity index (χ4v) is 12.0. The predicted molar refractivity (Wildman–Crippen MR) is 180 cm³/mol. The van der Waals surface area contributed by atoms with Gasteiger partial charge in [0, 0.05) is 30.0 Å². The summed E-state index contributed by atoms with van der Waals surface area (Å²) in [5.41, 5.74) is 27.1. The third-order valence-corrected chi connectivity index (χ3v) is 13.3. The van der Waals surface area contributed by atoms with Crippen LogP contribution in [0.25, 0.3) is 22.2 Å². The molecule has 5 aromatic carbocycles. The molecular formula is C45H28N2+2. The molecule has 3 aliphatic heterocycles. The van der Waals surface area contributed by atoms with Crippen LogP contribution in [0.5, 0.6) is 0 Å². The van der Waals surface area contributed by atoms with E-state index in [1.807, 2.05) is 0 Å². The molecule has 4 aliphatic carbocycles. The molecule has 0 N–H and O–H groups in total. The summed E-state index contributed by atoms with van der Waals surface area (Å²) in [6, 6.07) is 43.1. The zero-order valence-corrected chi connectivity index (χ0v) is 25.8. The monoisotopic (exact) mass is 596 g/mol. The summed E-state index contributed by atoms with van der Waals surface area (Å²) in [5.74, 6) is 0.536. The lowest BCUT2D eigenvalue weighted by atomic mass is 9.56. The molecule has 2 heteroatoms. The van der Waals surface area contributed by atoms with Crippen molar-refractivity contribution in [2.75, 3.05) is 0 Å². The predicted octanol–water partition coefficient (Wildman–Crippen LogP) is 7.30. The molecule has 0 saturated carbocycles. The Morgan fingerprint density at radius 3 is 2.15 bits per heavy atom. The Hall–Kier alpha value is -5.34. The van der Waals surface area contributed by atoms with Gasteiger partial charge in [-0.15, -0.1) is 9.13 Å². The average molecular weight is 597 g/mol. The molecule has 2 nitrogen and oxygen atoms in total. The third kappa shape index (κ3) is 2.21. The smallest absolute Gasteiger partial charge is 0.116 e. The van der Waals surface area contributed by atoms with Crippen molar-refractivity contribution in [2.45, 2.75) is 43.2 Å². The quantitative estimate of drug-likeness (QED) is 0.162. The number of aromatic nitrogens is 2. The van der Waals surface area contributed by atoms with Gasteiger partial charge in [-0.25, -0.2) is 0 Å². The first kappa shape index (κ1) is 23.1. The maximum atomic E-state index is 2.91. The zero-order chi connectivity index (χ0) is 29.9. The summed E-state index contributed by atoms with van der Waals surface area (Å²) in [6.45, 7) is 0. The summed E-state index contributed by atoms with van der Waals surface area (Å²) in [6.07, 6.45) is 4.02. The van der Waals surface area contributed by atoms with Crippen LogP contribution in [0.1, 0.15) is 101 Å². The standard InChI is InChI=1S/C45H28N2/c1-3-12-32-23(7-1)17-29-20-30-19-26-10-5-9-25-18-28-15-16-35-44-33-13-4-2-8-24(33)21-31-22-27-11-6-14-34-39(32)37(29)42-38(30)40(36(25)26)43(28)47(35)45(42,41(27)34)46(31)44/h1-16,20-21,39-40H,17-19,22H2/q+2. The summed E-state index contributed by atoms with van der Waals surface area (Å²) in [5, 5.41) is 2.72. The minimum Gasteiger partial charge on any atom is -0.116 e. The third-order valence-electron chi connectivity index (χ3n) is 13.3. The molecule has 7 aromatic rings. The SMILES string of the molecule is c1ccc2c(c1)Cc1cc3c4c5c1C2c1cccc2c1C51[n+]5c(ccc6c5C4c4c(cccc4C6)C3)-c3c4ccccc4cc([n+]31)C2. The lowest BCUT2D eigenvalue weighted by Gasteiger charge is -2.47. The van der Waals surface area contributed by atoms with Crippen LogP contribution in [0.3, 0.4) is 0 Å². The van der Waals surface area contributed by atoms with E-state index in [4.69, 9.17) is 0 Å². The highest BCUT2D eigenvalue weighted by atomic mass is 15.4. The molecule has 7 aliphatic rings. The van der Waals surface area contributed by atoms with Crippen molar-refractivity contribution in [3.05, 3.63) is 198 Å². The topological polar surface area (TPSA) is 7.76 Å². The first-order chi connectivity index (χ1) is 23.3. The molecular weight excluding hydrogens is 569 g/mol.